The Hall–Kier alpha value is -0.870. The molecule has 0 aromatic heterocycles. The van der Waals surface area contributed by atoms with Crippen LogP contribution in [0.3, 0.4) is 0 Å². The molecule has 1 aliphatic heterocycles. The first-order chi connectivity index (χ1) is 8.62. The van der Waals surface area contributed by atoms with Gasteiger partial charge < -0.3 is 5.32 Å². The number of nitrogens with one attached hydrogen (secondary N) is 1. The normalized spacial score (nSPS) is 20.8. The molecule has 1 N–H and O–H groups in total. The molecule has 0 bridgehead atoms. The molecule has 0 spiro atoms. The molecule has 1 fully saturated rings. The summed E-state index contributed by atoms with van der Waals surface area (Å²) in [7, 11) is -3.06. The summed E-state index contributed by atoms with van der Waals surface area (Å²) in [5.74, 6) is 0.163. The Labute approximate surface area is 110 Å². The van der Waals surface area contributed by atoms with Gasteiger partial charge in [0.05, 0.1) is 10.6 Å². The van der Waals surface area contributed by atoms with Gasteiger partial charge in [-0.2, -0.15) is 0 Å². The van der Waals surface area contributed by atoms with E-state index < -0.39 is 9.84 Å². The number of rotatable bonds is 4. The van der Waals surface area contributed by atoms with E-state index in [-0.39, 0.29) is 5.75 Å². The maximum atomic E-state index is 11.7. The minimum absolute atomic E-state index is 0.163. The molecule has 1 atom stereocenters. The van der Waals surface area contributed by atoms with Crippen molar-refractivity contribution < 1.29 is 8.42 Å². The second kappa shape index (κ2) is 5.85. The molecule has 0 aliphatic carbocycles. The zero-order chi connectivity index (χ0) is 13.0. The van der Waals surface area contributed by atoms with Crippen molar-refractivity contribution in [2.75, 3.05) is 12.3 Å². The zero-order valence-electron chi connectivity index (χ0n) is 10.9. The van der Waals surface area contributed by atoms with Crippen LogP contribution in [0.1, 0.15) is 31.7 Å². The summed E-state index contributed by atoms with van der Waals surface area (Å²) in [5, 5.41) is 3.51. The predicted molar refractivity (Wildman–Crippen MR) is 73.5 cm³/mol. The molecule has 2 rings (SSSR count). The van der Waals surface area contributed by atoms with Crippen molar-refractivity contribution in [2.45, 2.75) is 43.5 Å². The van der Waals surface area contributed by atoms with Crippen LogP contribution in [0, 0.1) is 0 Å². The Morgan fingerprint density at radius 3 is 2.50 bits per heavy atom. The minimum atomic E-state index is -3.06. The fourth-order valence-corrected chi connectivity index (χ4v) is 3.27. The third-order valence-corrected chi connectivity index (χ3v) is 5.31. The van der Waals surface area contributed by atoms with Gasteiger partial charge in [0, 0.05) is 6.04 Å². The van der Waals surface area contributed by atoms with Crippen LogP contribution >= 0.6 is 0 Å². The van der Waals surface area contributed by atoms with Crippen LogP contribution < -0.4 is 5.32 Å². The molecular weight excluding hydrogens is 246 g/mol. The summed E-state index contributed by atoms with van der Waals surface area (Å²) in [6.45, 7) is 2.78. The van der Waals surface area contributed by atoms with Crippen molar-refractivity contribution in [2.24, 2.45) is 0 Å². The van der Waals surface area contributed by atoms with Gasteiger partial charge in [0.25, 0.3) is 0 Å². The predicted octanol–water partition coefficient (Wildman–Crippen LogP) is 2.16. The third-order valence-electron chi connectivity index (χ3n) is 3.56. The van der Waals surface area contributed by atoms with E-state index in [1.54, 1.807) is 19.1 Å². The lowest BCUT2D eigenvalue weighted by Crippen LogP contribution is -2.35. The second-order valence-electron chi connectivity index (χ2n) is 4.90. The van der Waals surface area contributed by atoms with Gasteiger partial charge in [-0.25, -0.2) is 8.42 Å². The van der Waals surface area contributed by atoms with E-state index in [1.165, 1.54) is 24.8 Å². The molecule has 4 heteroatoms. The molecule has 100 valence electrons. The quantitative estimate of drug-likeness (QED) is 0.909. The maximum absolute atomic E-state index is 11.7. The van der Waals surface area contributed by atoms with E-state index >= 15 is 0 Å². The summed E-state index contributed by atoms with van der Waals surface area (Å²) in [6, 6.07) is 7.90. The van der Waals surface area contributed by atoms with Gasteiger partial charge in [0.15, 0.2) is 9.84 Å². The first-order valence-corrected chi connectivity index (χ1v) is 8.32. The molecule has 1 aliphatic rings. The van der Waals surface area contributed by atoms with Crippen LogP contribution in [0.2, 0.25) is 0 Å². The average molecular weight is 267 g/mol. The fraction of sp³-hybridized carbons (Fsp3) is 0.571. The van der Waals surface area contributed by atoms with E-state index in [4.69, 9.17) is 0 Å². The Morgan fingerprint density at radius 2 is 1.94 bits per heavy atom. The van der Waals surface area contributed by atoms with Crippen molar-refractivity contribution in [3.63, 3.8) is 0 Å². The van der Waals surface area contributed by atoms with Crippen LogP contribution in [0.4, 0.5) is 0 Å². The number of hydrogen-bond donors (Lipinski definition) is 1. The average Bonchev–Trinajstić information content (AvgIpc) is 2.40. The summed E-state index contributed by atoms with van der Waals surface area (Å²) in [6.07, 6.45) is 4.77. The highest BCUT2D eigenvalue weighted by Gasteiger charge is 2.14. The van der Waals surface area contributed by atoms with Crippen molar-refractivity contribution in [1.82, 2.24) is 5.32 Å². The number of piperidine rings is 1. The lowest BCUT2D eigenvalue weighted by Gasteiger charge is -2.23. The smallest absolute Gasteiger partial charge is 0.178 e. The highest BCUT2D eigenvalue weighted by Crippen LogP contribution is 2.16. The van der Waals surface area contributed by atoms with Crippen molar-refractivity contribution in [3.8, 4) is 0 Å². The first kappa shape index (κ1) is 13.6. The van der Waals surface area contributed by atoms with Crippen LogP contribution in [0.5, 0.6) is 0 Å². The molecular formula is C14H21NO2S. The standard InChI is InChI=1S/C14H21NO2S/c1-2-18(16,17)14-8-6-12(7-9-14)11-13-5-3-4-10-15-13/h6-9,13,15H,2-5,10-11H2,1H3. The van der Waals surface area contributed by atoms with E-state index in [2.05, 4.69) is 5.32 Å². The SMILES string of the molecule is CCS(=O)(=O)c1ccc(CC2CCCCN2)cc1. The fourth-order valence-electron chi connectivity index (χ4n) is 2.38. The number of benzene rings is 1. The molecule has 18 heavy (non-hydrogen) atoms. The molecule has 0 saturated carbocycles. The van der Waals surface area contributed by atoms with Gasteiger partial charge in [-0.1, -0.05) is 25.5 Å². The van der Waals surface area contributed by atoms with Crippen molar-refractivity contribution >= 4 is 9.84 Å². The Balaban J connectivity index is 2.03. The highest BCUT2D eigenvalue weighted by atomic mass is 32.2. The first-order valence-electron chi connectivity index (χ1n) is 6.67. The summed E-state index contributed by atoms with van der Waals surface area (Å²) < 4.78 is 23.4. The van der Waals surface area contributed by atoms with Gasteiger partial charge >= 0.3 is 0 Å². The van der Waals surface area contributed by atoms with Gasteiger partial charge in [0.2, 0.25) is 0 Å². The largest absolute Gasteiger partial charge is 0.314 e. The van der Waals surface area contributed by atoms with Crippen LogP contribution in [0.15, 0.2) is 29.2 Å². The van der Waals surface area contributed by atoms with Crippen LogP contribution in [-0.2, 0) is 16.3 Å². The number of sulfone groups is 1. The zero-order valence-corrected chi connectivity index (χ0v) is 11.7. The molecule has 1 saturated heterocycles. The topological polar surface area (TPSA) is 46.2 Å². The summed E-state index contributed by atoms with van der Waals surface area (Å²) in [5.41, 5.74) is 1.21. The Morgan fingerprint density at radius 1 is 1.22 bits per heavy atom. The van der Waals surface area contributed by atoms with E-state index in [9.17, 15) is 8.42 Å². The molecule has 1 heterocycles. The monoisotopic (exact) mass is 267 g/mol. The molecule has 1 aromatic carbocycles. The van der Waals surface area contributed by atoms with Gasteiger partial charge in [-0.3, -0.25) is 0 Å². The van der Waals surface area contributed by atoms with E-state index in [1.807, 2.05) is 12.1 Å². The molecule has 0 amide bonds. The highest BCUT2D eigenvalue weighted by molar-refractivity contribution is 7.91. The molecule has 1 unspecified atom stereocenters. The number of hydrogen-bond acceptors (Lipinski definition) is 3. The van der Waals surface area contributed by atoms with Crippen LogP contribution in [0.25, 0.3) is 0 Å². The third kappa shape index (κ3) is 3.33. The Kier molecular flexibility index (Phi) is 4.40. The van der Waals surface area contributed by atoms with Crippen molar-refractivity contribution in [1.29, 1.82) is 0 Å². The summed E-state index contributed by atoms with van der Waals surface area (Å²) >= 11 is 0. The van der Waals surface area contributed by atoms with Crippen molar-refractivity contribution in [3.05, 3.63) is 29.8 Å². The van der Waals surface area contributed by atoms with E-state index in [0.29, 0.717) is 10.9 Å². The molecule has 3 nitrogen and oxygen atoms in total. The maximum Gasteiger partial charge on any atom is 0.178 e. The van der Waals surface area contributed by atoms with E-state index in [0.717, 1.165) is 13.0 Å². The summed E-state index contributed by atoms with van der Waals surface area (Å²) in [4.78, 5) is 0.436. The molecule has 0 radical (unpaired) electrons. The second-order valence-corrected chi connectivity index (χ2v) is 7.18. The molecule has 1 aromatic rings. The lowest BCUT2D eigenvalue weighted by molar-refractivity contribution is 0.399. The Bertz CT molecular complexity index is 473. The van der Waals surface area contributed by atoms with Crippen LogP contribution in [-0.4, -0.2) is 26.8 Å². The lowest BCUT2D eigenvalue weighted by atomic mass is 9.98. The van der Waals surface area contributed by atoms with Gasteiger partial charge in [-0.15, -0.1) is 0 Å². The van der Waals surface area contributed by atoms with Gasteiger partial charge in [-0.05, 0) is 43.5 Å². The van der Waals surface area contributed by atoms with Gasteiger partial charge in [0.1, 0.15) is 0 Å². The minimum Gasteiger partial charge on any atom is -0.314 e.